The van der Waals surface area contributed by atoms with Gasteiger partial charge in [-0.2, -0.15) is 0 Å². The molecule has 1 amide bonds. The fraction of sp³-hybridized carbons (Fsp3) is 0.267. The Bertz CT molecular complexity index is 1210. The standard InChI is InChI=1S/C30H30N2O3/c33-28(22-23-10-3-1-4-11-23)35-30-27-15-8-7-14-26(27)29(34)32(30)19-9-18-31-20-16-25(17-21-31)24-12-5-2-6-13-24/h1-8,10-16,30H,9,17-22H2. The molecule has 0 radical (unpaired) electrons. The number of nitrogens with zero attached hydrogens (tertiary/aromatic N) is 2. The number of ether oxygens (including phenoxy) is 1. The number of hydrogen-bond acceptors (Lipinski definition) is 4. The van der Waals surface area contributed by atoms with Crippen molar-refractivity contribution in [2.24, 2.45) is 0 Å². The maximum atomic E-state index is 13.1. The molecular weight excluding hydrogens is 436 g/mol. The molecule has 5 rings (SSSR count). The number of hydrogen-bond donors (Lipinski definition) is 0. The van der Waals surface area contributed by atoms with Crippen LogP contribution in [0.2, 0.25) is 0 Å². The fourth-order valence-corrected chi connectivity index (χ4v) is 4.90. The van der Waals surface area contributed by atoms with Gasteiger partial charge in [-0.15, -0.1) is 0 Å². The Morgan fingerprint density at radius 3 is 2.34 bits per heavy atom. The Kier molecular flexibility index (Phi) is 7.05. The van der Waals surface area contributed by atoms with E-state index in [1.807, 2.05) is 60.7 Å². The van der Waals surface area contributed by atoms with Crippen molar-refractivity contribution in [3.8, 4) is 0 Å². The highest BCUT2D eigenvalue weighted by Gasteiger charge is 2.38. The molecule has 0 aliphatic carbocycles. The Hall–Kier alpha value is -3.70. The second-order valence-electron chi connectivity index (χ2n) is 9.09. The Balaban J connectivity index is 1.20. The van der Waals surface area contributed by atoms with E-state index in [1.54, 1.807) is 4.90 Å². The summed E-state index contributed by atoms with van der Waals surface area (Å²) in [6, 6.07) is 27.5. The summed E-state index contributed by atoms with van der Waals surface area (Å²) in [6.07, 6.45) is 3.68. The molecule has 35 heavy (non-hydrogen) atoms. The number of fused-ring (bicyclic) bond motifs is 1. The van der Waals surface area contributed by atoms with E-state index in [4.69, 9.17) is 4.74 Å². The highest BCUT2D eigenvalue weighted by atomic mass is 16.6. The smallest absolute Gasteiger partial charge is 0.312 e. The van der Waals surface area contributed by atoms with Crippen LogP contribution in [0.15, 0.2) is 91.0 Å². The fourth-order valence-electron chi connectivity index (χ4n) is 4.90. The molecule has 2 heterocycles. The van der Waals surface area contributed by atoms with E-state index in [2.05, 4.69) is 35.2 Å². The van der Waals surface area contributed by atoms with Gasteiger partial charge in [0.25, 0.3) is 5.91 Å². The van der Waals surface area contributed by atoms with Crippen LogP contribution in [-0.2, 0) is 16.0 Å². The third-order valence-electron chi connectivity index (χ3n) is 6.75. The Labute approximate surface area is 206 Å². The van der Waals surface area contributed by atoms with Crippen LogP contribution in [0.3, 0.4) is 0 Å². The summed E-state index contributed by atoms with van der Waals surface area (Å²) in [6.45, 7) is 3.35. The van der Waals surface area contributed by atoms with Gasteiger partial charge in [0.1, 0.15) is 0 Å². The first kappa shape index (κ1) is 23.1. The molecule has 1 atom stereocenters. The van der Waals surface area contributed by atoms with Gasteiger partial charge >= 0.3 is 5.97 Å². The van der Waals surface area contributed by atoms with Crippen molar-refractivity contribution in [2.75, 3.05) is 26.2 Å². The van der Waals surface area contributed by atoms with Gasteiger partial charge in [0.05, 0.1) is 6.42 Å². The van der Waals surface area contributed by atoms with Crippen molar-refractivity contribution in [1.82, 2.24) is 9.80 Å². The normalized spacial score (nSPS) is 17.7. The number of amides is 1. The molecule has 0 saturated carbocycles. The molecule has 5 nitrogen and oxygen atoms in total. The van der Waals surface area contributed by atoms with E-state index >= 15 is 0 Å². The molecule has 2 aliphatic heterocycles. The zero-order valence-electron chi connectivity index (χ0n) is 19.8. The summed E-state index contributed by atoms with van der Waals surface area (Å²) in [7, 11) is 0. The van der Waals surface area contributed by atoms with E-state index in [-0.39, 0.29) is 18.3 Å². The van der Waals surface area contributed by atoms with Crippen LogP contribution in [0.25, 0.3) is 5.57 Å². The number of rotatable bonds is 8. The minimum absolute atomic E-state index is 0.0667. The maximum Gasteiger partial charge on any atom is 0.312 e. The second-order valence-corrected chi connectivity index (χ2v) is 9.09. The van der Waals surface area contributed by atoms with Crippen LogP contribution in [0, 0.1) is 0 Å². The monoisotopic (exact) mass is 466 g/mol. The van der Waals surface area contributed by atoms with Crippen LogP contribution in [0.4, 0.5) is 0 Å². The second kappa shape index (κ2) is 10.7. The highest BCUT2D eigenvalue weighted by Crippen LogP contribution is 2.35. The number of esters is 1. The largest absolute Gasteiger partial charge is 0.437 e. The van der Waals surface area contributed by atoms with Gasteiger partial charge in [-0.3, -0.25) is 19.4 Å². The van der Waals surface area contributed by atoms with E-state index in [0.717, 1.165) is 43.6 Å². The zero-order chi connectivity index (χ0) is 24.0. The van der Waals surface area contributed by atoms with E-state index < -0.39 is 6.23 Å². The maximum absolute atomic E-state index is 13.1. The van der Waals surface area contributed by atoms with Gasteiger partial charge in [-0.1, -0.05) is 84.9 Å². The molecular formula is C30H30N2O3. The lowest BCUT2D eigenvalue weighted by Gasteiger charge is -2.29. The predicted octanol–water partition coefficient (Wildman–Crippen LogP) is 5.11. The summed E-state index contributed by atoms with van der Waals surface area (Å²) in [5, 5.41) is 0. The van der Waals surface area contributed by atoms with Crippen LogP contribution in [0.1, 0.15) is 46.1 Å². The van der Waals surface area contributed by atoms with Gasteiger partial charge < -0.3 is 4.74 Å². The first-order valence-electron chi connectivity index (χ1n) is 12.3. The van der Waals surface area contributed by atoms with Crippen molar-refractivity contribution < 1.29 is 14.3 Å². The van der Waals surface area contributed by atoms with Crippen molar-refractivity contribution in [3.05, 3.63) is 113 Å². The third-order valence-corrected chi connectivity index (χ3v) is 6.75. The lowest BCUT2D eigenvalue weighted by atomic mass is 9.99. The molecule has 3 aromatic carbocycles. The molecule has 1 unspecified atom stereocenters. The van der Waals surface area contributed by atoms with Crippen LogP contribution in [-0.4, -0.2) is 47.9 Å². The summed E-state index contributed by atoms with van der Waals surface area (Å²) in [4.78, 5) is 30.0. The molecule has 0 aromatic heterocycles. The minimum atomic E-state index is -0.666. The molecule has 0 N–H and O–H groups in total. The van der Waals surface area contributed by atoms with Crippen molar-refractivity contribution in [2.45, 2.75) is 25.5 Å². The van der Waals surface area contributed by atoms with Gasteiger partial charge in [0, 0.05) is 37.3 Å². The minimum Gasteiger partial charge on any atom is -0.437 e. The first-order chi connectivity index (χ1) is 17.2. The van der Waals surface area contributed by atoms with Gasteiger partial charge in [0.15, 0.2) is 0 Å². The van der Waals surface area contributed by atoms with Gasteiger partial charge in [-0.05, 0) is 35.6 Å². The quantitative estimate of drug-likeness (QED) is 0.433. The number of benzene rings is 3. The molecule has 0 spiro atoms. The first-order valence-corrected chi connectivity index (χ1v) is 12.3. The van der Waals surface area contributed by atoms with Crippen molar-refractivity contribution in [1.29, 1.82) is 0 Å². The average Bonchev–Trinajstić information content (AvgIpc) is 3.16. The topological polar surface area (TPSA) is 49.9 Å². The summed E-state index contributed by atoms with van der Waals surface area (Å²) in [5.41, 5.74) is 4.99. The molecule has 2 aliphatic rings. The average molecular weight is 467 g/mol. The lowest BCUT2D eigenvalue weighted by Crippen LogP contribution is -2.35. The van der Waals surface area contributed by atoms with E-state index in [0.29, 0.717) is 12.1 Å². The molecule has 0 saturated heterocycles. The molecule has 0 bridgehead atoms. The summed E-state index contributed by atoms with van der Waals surface area (Å²) < 4.78 is 5.87. The highest BCUT2D eigenvalue weighted by molar-refractivity contribution is 5.99. The van der Waals surface area contributed by atoms with Gasteiger partial charge in [0.2, 0.25) is 6.23 Å². The van der Waals surface area contributed by atoms with Crippen LogP contribution in [0.5, 0.6) is 0 Å². The van der Waals surface area contributed by atoms with E-state index in [1.165, 1.54) is 11.1 Å². The van der Waals surface area contributed by atoms with E-state index in [9.17, 15) is 9.59 Å². The number of carbonyl (C=O) groups excluding carboxylic acids is 2. The lowest BCUT2D eigenvalue weighted by molar-refractivity contribution is -0.155. The molecule has 3 aromatic rings. The van der Waals surface area contributed by atoms with Crippen LogP contribution >= 0.6 is 0 Å². The van der Waals surface area contributed by atoms with Crippen LogP contribution < -0.4 is 0 Å². The zero-order valence-corrected chi connectivity index (χ0v) is 19.8. The Morgan fingerprint density at radius 1 is 0.886 bits per heavy atom. The number of carbonyl (C=O) groups is 2. The third kappa shape index (κ3) is 5.36. The predicted molar refractivity (Wildman–Crippen MR) is 137 cm³/mol. The molecule has 5 heteroatoms. The summed E-state index contributed by atoms with van der Waals surface area (Å²) in [5.74, 6) is -0.395. The molecule has 0 fully saturated rings. The van der Waals surface area contributed by atoms with Crippen molar-refractivity contribution in [3.63, 3.8) is 0 Å². The summed E-state index contributed by atoms with van der Waals surface area (Å²) >= 11 is 0. The SMILES string of the molecule is O=C(Cc1ccccc1)OC1c2ccccc2C(=O)N1CCCN1CC=C(c2ccccc2)CC1. The molecule has 178 valence electrons. The Morgan fingerprint density at radius 2 is 1.60 bits per heavy atom. The van der Waals surface area contributed by atoms with Gasteiger partial charge in [-0.25, -0.2) is 0 Å². The van der Waals surface area contributed by atoms with Crippen molar-refractivity contribution >= 4 is 17.4 Å².